The maximum Gasteiger partial charge on any atom is 0.267 e. The van der Waals surface area contributed by atoms with Crippen molar-refractivity contribution in [3.05, 3.63) is 76.2 Å². The molecule has 5 nitrogen and oxygen atoms in total. The molecule has 154 valence electrons. The van der Waals surface area contributed by atoms with Gasteiger partial charge in [0.25, 0.3) is 5.91 Å². The Morgan fingerprint density at radius 1 is 1.17 bits per heavy atom. The molecule has 0 radical (unpaired) electrons. The molecule has 6 heteroatoms. The van der Waals surface area contributed by atoms with Crippen molar-refractivity contribution >= 4 is 17.2 Å². The van der Waals surface area contributed by atoms with Gasteiger partial charge in [0.1, 0.15) is 11.4 Å². The van der Waals surface area contributed by atoms with Gasteiger partial charge in [-0.15, -0.1) is 11.3 Å². The number of aromatic nitrogens is 1. The van der Waals surface area contributed by atoms with Crippen LogP contribution in [0.2, 0.25) is 0 Å². The van der Waals surface area contributed by atoms with E-state index in [4.69, 9.17) is 4.74 Å². The lowest BCUT2D eigenvalue weighted by molar-refractivity contribution is 0.0926. The predicted molar refractivity (Wildman–Crippen MR) is 119 cm³/mol. The van der Waals surface area contributed by atoms with Gasteiger partial charge in [-0.25, -0.2) is 0 Å². The van der Waals surface area contributed by atoms with Gasteiger partial charge in [-0.05, 0) is 54.4 Å². The lowest BCUT2D eigenvalue weighted by atomic mass is 10.0. The summed E-state index contributed by atoms with van der Waals surface area (Å²) >= 11 is 1.70. The van der Waals surface area contributed by atoms with Crippen molar-refractivity contribution < 1.29 is 9.53 Å². The molecule has 2 aromatic heterocycles. The lowest BCUT2D eigenvalue weighted by Gasteiger charge is -2.30. The molecule has 0 bridgehead atoms. The van der Waals surface area contributed by atoms with Crippen LogP contribution in [0.1, 0.15) is 40.8 Å². The molecular weight excluding hydrogens is 382 g/mol. The number of likely N-dealkylation sites (N-methyl/N-ethyl adjacent to an activating group) is 1. The van der Waals surface area contributed by atoms with Crippen molar-refractivity contribution in [1.82, 2.24) is 14.8 Å². The summed E-state index contributed by atoms with van der Waals surface area (Å²) < 4.78 is 7.39. The van der Waals surface area contributed by atoms with Crippen LogP contribution in [0.3, 0.4) is 0 Å². The lowest BCUT2D eigenvalue weighted by Crippen LogP contribution is -2.38. The second-order valence-corrected chi connectivity index (χ2v) is 7.86. The van der Waals surface area contributed by atoms with Gasteiger partial charge in [0.2, 0.25) is 0 Å². The Bertz CT molecular complexity index is 901. The molecule has 0 aliphatic rings. The van der Waals surface area contributed by atoms with Crippen LogP contribution in [0, 0.1) is 0 Å². The number of ether oxygens (including phenoxy) is 1. The molecule has 0 aliphatic heterocycles. The number of amides is 1. The Labute approximate surface area is 176 Å². The van der Waals surface area contributed by atoms with E-state index in [0.717, 1.165) is 24.4 Å². The van der Waals surface area contributed by atoms with Gasteiger partial charge in [-0.2, -0.15) is 0 Å². The molecular formula is C23H29N3O2S. The summed E-state index contributed by atoms with van der Waals surface area (Å²) in [6.07, 6.45) is 1.96. The van der Waals surface area contributed by atoms with Gasteiger partial charge in [0, 0.05) is 17.6 Å². The van der Waals surface area contributed by atoms with Crippen LogP contribution in [0.5, 0.6) is 5.75 Å². The van der Waals surface area contributed by atoms with Crippen LogP contribution < -0.4 is 10.1 Å². The summed E-state index contributed by atoms with van der Waals surface area (Å²) in [5, 5.41) is 5.21. The van der Waals surface area contributed by atoms with E-state index in [2.05, 4.69) is 47.6 Å². The van der Waals surface area contributed by atoms with Crippen molar-refractivity contribution in [3.8, 4) is 5.75 Å². The summed E-state index contributed by atoms with van der Waals surface area (Å²) in [7, 11) is 1.68. The van der Waals surface area contributed by atoms with E-state index in [0.29, 0.717) is 18.8 Å². The topological polar surface area (TPSA) is 46.5 Å². The highest BCUT2D eigenvalue weighted by Crippen LogP contribution is 2.24. The van der Waals surface area contributed by atoms with Gasteiger partial charge >= 0.3 is 0 Å². The number of benzene rings is 1. The zero-order valence-electron chi connectivity index (χ0n) is 17.3. The molecule has 0 spiro atoms. The fourth-order valence-electron chi connectivity index (χ4n) is 3.58. The maximum absolute atomic E-state index is 12.9. The van der Waals surface area contributed by atoms with Crippen LogP contribution in [0.4, 0.5) is 0 Å². The Morgan fingerprint density at radius 3 is 2.69 bits per heavy atom. The fraction of sp³-hybridized carbons (Fsp3) is 0.348. The average molecular weight is 412 g/mol. The summed E-state index contributed by atoms with van der Waals surface area (Å²) in [4.78, 5) is 16.5. The van der Waals surface area contributed by atoms with Crippen molar-refractivity contribution in [2.75, 3.05) is 26.7 Å². The number of hydrogen-bond donors (Lipinski definition) is 1. The first kappa shape index (κ1) is 21.1. The third-order valence-corrected chi connectivity index (χ3v) is 6.02. The van der Waals surface area contributed by atoms with E-state index in [1.54, 1.807) is 18.4 Å². The van der Waals surface area contributed by atoms with Gasteiger partial charge < -0.3 is 14.6 Å². The highest BCUT2D eigenvalue weighted by Gasteiger charge is 2.20. The first-order valence-corrected chi connectivity index (χ1v) is 10.9. The molecule has 0 aliphatic carbocycles. The van der Waals surface area contributed by atoms with Crippen LogP contribution >= 0.6 is 11.3 Å². The highest BCUT2D eigenvalue weighted by atomic mass is 32.1. The molecule has 0 saturated carbocycles. The molecule has 1 N–H and O–H groups in total. The third-order valence-electron chi connectivity index (χ3n) is 5.16. The molecule has 0 saturated heterocycles. The van der Waals surface area contributed by atoms with E-state index >= 15 is 0 Å². The Kier molecular flexibility index (Phi) is 7.49. The molecule has 1 aromatic carbocycles. The van der Waals surface area contributed by atoms with Crippen molar-refractivity contribution in [1.29, 1.82) is 0 Å². The minimum atomic E-state index is -0.0494. The molecule has 2 heterocycles. The van der Waals surface area contributed by atoms with Crippen molar-refractivity contribution in [2.24, 2.45) is 0 Å². The molecule has 3 aromatic rings. The molecule has 1 atom stereocenters. The van der Waals surface area contributed by atoms with Crippen LogP contribution in [0.25, 0.3) is 0 Å². The van der Waals surface area contributed by atoms with Crippen LogP contribution in [0.15, 0.2) is 60.1 Å². The smallest absolute Gasteiger partial charge is 0.267 e. The molecule has 1 amide bonds. The largest absolute Gasteiger partial charge is 0.497 e. The normalized spacial score (nSPS) is 12.1. The zero-order valence-corrected chi connectivity index (χ0v) is 18.1. The van der Waals surface area contributed by atoms with Crippen LogP contribution in [-0.2, 0) is 6.54 Å². The van der Waals surface area contributed by atoms with E-state index in [1.807, 2.05) is 41.1 Å². The maximum atomic E-state index is 12.9. The zero-order chi connectivity index (χ0) is 20.6. The van der Waals surface area contributed by atoms with Gasteiger partial charge in [-0.1, -0.05) is 32.0 Å². The first-order valence-electron chi connectivity index (χ1n) is 10.00. The van der Waals surface area contributed by atoms with Crippen molar-refractivity contribution in [3.63, 3.8) is 0 Å². The minimum Gasteiger partial charge on any atom is -0.497 e. The van der Waals surface area contributed by atoms with E-state index in [-0.39, 0.29) is 11.9 Å². The second-order valence-electron chi connectivity index (χ2n) is 6.82. The van der Waals surface area contributed by atoms with E-state index < -0.39 is 0 Å². The number of hydrogen-bond acceptors (Lipinski definition) is 4. The minimum absolute atomic E-state index is 0.0494. The Balaban J connectivity index is 1.74. The summed E-state index contributed by atoms with van der Waals surface area (Å²) in [5.41, 5.74) is 1.82. The molecule has 29 heavy (non-hydrogen) atoms. The number of carbonyl (C=O) groups is 1. The SMILES string of the molecule is CCN(CC)C(CNC(=O)c1cccn1Cc1cccs1)c1cccc(OC)c1. The highest BCUT2D eigenvalue weighted by molar-refractivity contribution is 7.09. The number of rotatable bonds is 10. The molecule has 0 fully saturated rings. The predicted octanol–water partition coefficient (Wildman–Crippen LogP) is 4.42. The monoisotopic (exact) mass is 411 g/mol. The fourth-order valence-corrected chi connectivity index (χ4v) is 4.28. The van der Waals surface area contributed by atoms with Gasteiger partial charge in [0.15, 0.2) is 0 Å². The first-order chi connectivity index (χ1) is 14.2. The van der Waals surface area contributed by atoms with E-state index in [9.17, 15) is 4.79 Å². The Hall–Kier alpha value is -2.57. The number of carbonyl (C=O) groups excluding carboxylic acids is 1. The number of nitrogens with one attached hydrogen (secondary N) is 1. The third kappa shape index (κ3) is 5.28. The summed E-state index contributed by atoms with van der Waals surface area (Å²) in [6.45, 7) is 7.35. The standard InChI is InChI=1S/C23H29N3O2S/c1-4-25(5-2)22(18-9-6-10-19(15-18)28-3)16-24-23(27)21-12-7-13-26(21)17-20-11-8-14-29-20/h6-15,22H,4-5,16-17H2,1-3H3,(H,24,27). The van der Waals surface area contributed by atoms with Crippen LogP contribution in [-0.4, -0.2) is 42.1 Å². The quantitative estimate of drug-likeness (QED) is 0.537. The Morgan fingerprint density at radius 2 is 2.00 bits per heavy atom. The van der Waals surface area contributed by atoms with Gasteiger partial charge in [0.05, 0.1) is 19.7 Å². The average Bonchev–Trinajstić information content (AvgIpc) is 3.43. The molecule has 3 rings (SSSR count). The van der Waals surface area contributed by atoms with E-state index in [1.165, 1.54) is 4.88 Å². The molecule has 1 unspecified atom stereocenters. The summed E-state index contributed by atoms with van der Waals surface area (Å²) in [6, 6.07) is 16.1. The summed E-state index contributed by atoms with van der Waals surface area (Å²) in [5.74, 6) is 0.780. The number of thiophene rings is 1. The van der Waals surface area contributed by atoms with Crippen molar-refractivity contribution in [2.45, 2.75) is 26.4 Å². The van der Waals surface area contributed by atoms with Gasteiger partial charge in [-0.3, -0.25) is 9.69 Å². The number of methoxy groups -OCH3 is 1. The number of nitrogens with zero attached hydrogens (tertiary/aromatic N) is 2. The second kappa shape index (κ2) is 10.3.